The van der Waals surface area contributed by atoms with Crippen molar-refractivity contribution in [2.75, 3.05) is 0 Å². The summed E-state index contributed by atoms with van der Waals surface area (Å²) in [5, 5.41) is 0.203. The smallest absolute Gasteiger partial charge is 0.142 e. The van der Waals surface area contributed by atoms with Gasteiger partial charge in [0.2, 0.25) is 0 Å². The van der Waals surface area contributed by atoms with Gasteiger partial charge in [-0.25, -0.2) is 4.39 Å². The number of benzene rings is 1. The second-order valence-corrected chi connectivity index (χ2v) is 4.68. The van der Waals surface area contributed by atoms with Crippen molar-refractivity contribution in [2.45, 2.75) is 31.7 Å². The van der Waals surface area contributed by atoms with E-state index in [-0.39, 0.29) is 16.9 Å². The molecule has 1 aliphatic carbocycles. The van der Waals surface area contributed by atoms with Gasteiger partial charge in [0.05, 0.1) is 5.02 Å². The van der Waals surface area contributed by atoms with Gasteiger partial charge in [-0.3, -0.25) is 0 Å². The van der Waals surface area contributed by atoms with Crippen LogP contribution in [-0.4, -0.2) is 6.04 Å². The number of nitrogens with two attached hydrogens (primary N) is 1. The largest absolute Gasteiger partial charge is 0.327 e. The predicted octanol–water partition coefficient (Wildman–Crippen LogP) is 3.76. The average Bonchev–Trinajstić information content (AvgIpc) is 2.25. The fourth-order valence-corrected chi connectivity index (χ4v) is 2.30. The van der Waals surface area contributed by atoms with Gasteiger partial charge in [0.25, 0.3) is 0 Å². The summed E-state index contributed by atoms with van der Waals surface area (Å²) in [6, 6.07) is 5.12. The first-order valence-corrected chi connectivity index (χ1v) is 5.93. The Kier molecular flexibility index (Phi) is 3.62. The minimum absolute atomic E-state index is 0.203. The van der Waals surface area contributed by atoms with Gasteiger partial charge >= 0.3 is 0 Å². The minimum Gasteiger partial charge on any atom is -0.327 e. The highest BCUT2D eigenvalue weighted by Gasteiger charge is 2.13. The van der Waals surface area contributed by atoms with Crippen molar-refractivity contribution in [3.63, 3.8) is 0 Å². The lowest BCUT2D eigenvalue weighted by Gasteiger charge is -2.20. The van der Waals surface area contributed by atoms with E-state index in [2.05, 4.69) is 0 Å². The Morgan fingerprint density at radius 2 is 2.25 bits per heavy atom. The van der Waals surface area contributed by atoms with E-state index in [9.17, 15) is 4.39 Å². The van der Waals surface area contributed by atoms with Crippen LogP contribution in [0, 0.1) is 5.82 Å². The van der Waals surface area contributed by atoms with Gasteiger partial charge in [0, 0.05) is 6.04 Å². The van der Waals surface area contributed by atoms with Gasteiger partial charge in [0.1, 0.15) is 5.82 Å². The molecule has 1 fully saturated rings. The third kappa shape index (κ3) is 2.63. The number of halogens is 2. The summed E-state index contributed by atoms with van der Waals surface area (Å²) in [6.45, 7) is 0. The Labute approximate surface area is 100 Å². The van der Waals surface area contributed by atoms with Crippen molar-refractivity contribution in [2.24, 2.45) is 5.73 Å². The summed E-state index contributed by atoms with van der Waals surface area (Å²) in [4.78, 5) is 0. The van der Waals surface area contributed by atoms with Crippen LogP contribution in [0.3, 0.4) is 0 Å². The highest BCUT2D eigenvalue weighted by molar-refractivity contribution is 6.32. The van der Waals surface area contributed by atoms with E-state index in [4.69, 9.17) is 17.3 Å². The maximum Gasteiger partial charge on any atom is 0.142 e. The van der Waals surface area contributed by atoms with Crippen LogP contribution in [0.1, 0.15) is 31.2 Å². The van der Waals surface area contributed by atoms with E-state index in [1.54, 1.807) is 6.07 Å². The normalized spacial score (nSPS) is 23.7. The van der Waals surface area contributed by atoms with Crippen LogP contribution < -0.4 is 5.73 Å². The second-order valence-electron chi connectivity index (χ2n) is 4.30. The first kappa shape index (κ1) is 11.6. The molecule has 2 N–H and O–H groups in total. The molecule has 1 nitrogen and oxygen atoms in total. The second kappa shape index (κ2) is 4.98. The van der Waals surface area contributed by atoms with E-state index in [1.165, 1.54) is 11.6 Å². The SMILES string of the molecule is NC1CCC/C(=C/c2cccc(F)c2Cl)C1. The summed E-state index contributed by atoms with van der Waals surface area (Å²) >= 11 is 5.90. The fourth-order valence-electron chi connectivity index (χ4n) is 2.12. The molecule has 1 saturated carbocycles. The van der Waals surface area contributed by atoms with Crippen LogP contribution >= 0.6 is 11.6 Å². The van der Waals surface area contributed by atoms with Crippen molar-refractivity contribution in [3.05, 3.63) is 40.2 Å². The first-order chi connectivity index (χ1) is 7.66. The fraction of sp³-hybridized carbons (Fsp3) is 0.385. The van der Waals surface area contributed by atoms with E-state index < -0.39 is 0 Å². The van der Waals surface area contributed by atoms with E-state index in [1.807, 2.05) is 12.1 Å². The number of hydrogen-bond donors (Lipinski definition) is 1. The Hall–Kier alpha value is -0.860. The zero-order valence-electron chi connectivity index (χ0n) is 9.05. The van der Waals surface area contributed by atoms with Crippen LogP contribution in [0.2, 0.25) is 5.02 Å². The third-order valence-corrected chi connectivity index (χ3v) is 3.34. The van der Waals surface area contributed by atoms with Crippen molar-refractivity contribution in [3.8, 4) is 0 Å². The molecule has 0 heterocycles. The topological polar surface area (TPSA) is 26.0 Å². The van der Waals surface area contributed by atoms with Crippen molar-refractivity contribution >= 4 is 17.7 Å². The molecule has 0 amide bonds. The monoisotopic (exact) mass is 239 g/mol. The van der Waals surface area contributed by atoms with Crippen molar-refractivity contribution in [1.82, 2.24) is 0 Å². The molecule has 1 atom stereocenters. The molecule has 1 aromatic rings. The molecule has 1 aromatic carbocycles. The number of rotatable bonds is 1. The Morgan fingerprint density at radius 3 is 3.00 bits per heavy atom. The van der Waals surface area contributed by atoms with E-state index in [0.717, 1.165) is 31.2 Å². The quantitative estimate of drug-likeness (QED) is 0.793. The first-order valence-electron chi connectivity index (χ1n) is 5.56. The van der Waals surface area contributed by atoms with E-state index in [0.29, 0.717) is 0 Å². The molecule has 0 aliphatic heterocycles. The highest BCUT2D eigenvalue weighted by atomic mass is 35.5. The molecule has 2 rings (SSSR count). The maximum atomic E-state index is 13.2. The number of hydrogen-bond acceptors (Lipinski definition) is 1. The lowest BCUT2D eigenvalue weighted by Crippen LogP contribution is -2.23. The van der Waals surface area contributed by atoms with Gasteiger partial charge in [-0.15, -0.1) is 0 Å². The van der Waals surface area contributed by atoms with Gasteiger partial charge in [0.15, 0.2) is 0 Å². The zero-order valence-corrected chi connectivity index (χ0v) is 9.80. The molecule has 0 aromatic heterocycles. The molecule has 0 bridgehead atoms. The van der Waals surface area contributed by atoms with Crippen LogP contribution in [0.25, 0.3) is 6.08 Å². The Morgan fingerprint density at radius 1 is 1.44 bits per heavy atom. The molecule has 0 saturated heterocycles. The van der Waals surface area contributed by atoms with Crippen molar-refractivity contribution in [1.29, 1.82) is 0 Å². The van der Waals surface area contributed by atoms with Gasteiger partial charge in [-0.1, -0.05) is 35.4 Å². The zero-order chi connectivity index (χ0) is 11.5. The molecular formula is C13H15ClFN. The predicted molar refractivity (Wildman–Crippen MR) is 65.8 cm³/mol. The van der Waals surface area contributed by atoms with Gasteiger partial charge in [-0.2, -0.15) is 0 Å². The Balaban J connectivity index is 2.24. The summed E-state index contributed by atoms with van der Waals surface area (Å²) < 4.78 is 13.2. The standard InChI is InChI=1S/C13H15ClFN/c14-13-10(4-2-6-12(13)15)7-9-3-1-5-11(16)8-9/h2,4,6-7,11H,1,3,5,8,16H2/b9-7-. The van der Waals surface area contributed by atoms with Crippen LogP contribution in [0.5, 0.6) is 0 Å². The lowest BCUT2D eigenvalue weighted by molar-refractivity contribution is 0.520. The summed E-state index contributed by atoms with van der Waals surface area (Å²) in [7, 11) is 0. The molecule has 1 aliphatic rings. The van der Waals surface area contributed by atoms with Crippen LogP contribution in [0.15, 0.2) is 23.8 Å². The summed E-state index contributed by atoms with van der Waals surface area (Å²) in [5.41, 5.74) is 7.92. The minimum atomic E-state index is -0.365. The van der Waals surface area contributed by atoms with Gasteiger partial charge < -0.3 is 5.73 Å². The van der Waals surface area contributed by atoms with Gasteiger partial charge in [-0.05, 0) is 37.3 Å². The summed E-state index contributed by atoms with van der Waals surface area (Å²) in [5.74, 6) is -0.365. The molecule has 1 unspecified atom stereocenters. The van der Waals surface area contributed by atoms with Crippen LogP contribution in [-0.2, 0) is 0 Å². The molecule has 0 radical (unpaired) electrons. The molecule has 3 heteroatoms. The highest BCUT2D eigenvalue weighted by Crippen LogP contribution is 2.28. The molecule has 16 heavy (non-hydrogen) atoms. The molecule has 0 spiro atoms. The Bertz CT molecular complexity index is 414. The average molecular weight is 240 g/mol. The van der Waals surface area contributed by atoms with Crippen LogP contribution in [0.4, 0.5) is 4.39 Å². The van der Waals surface area contributed by atoms with E-state index >= 15 is 0 Å². The lowest BCUT2D eigenvalue weighted by atomic mass is 9.90. The third-order valence-electron chi connectivity index (χ3n) is 2.94. The molecular weight excluding hydrogens is 225 g/mol. The maximum absolute atomic E-state index is 13.2. The molecule has 86 valence electrons. The van der Waals surface area contributed by atoms with Crippen molar-refractivity contribution < 1.29 is 4.39 Å². The summed E-state index contributed by atoms with van der Waals surface area (Å²) in [6.07, 6.45) is 6.10.